The maximum absolute atomic E-state index is 11.7. The van der Waals surface area contributed by atoms with Crippen molar-refractivity contribution in [1.29, 1.82) is 0 Å². The summed E-state index contributed by atoms with van der Waals surface area (Å²) in [6.45, 7) is 3.42. The SMILES string of the molecule is CCCS(=O)(=O)NC1CCCCC1(C)C(=O)O. The lowest BCUT2D eigenvalue weighted by atomic mass is 9.72. The number of rotatable bonds is 5. The summed E-state index contributed by atoms with van der Waals surface area (Å²) in [7, 11) is -3.35. The van der Waals surface area contributed by atoms with Crippen LogP contribution in [0.1, 0.15) is 46.0 Å². The van der Waals surface area contributed by atoms with Crippen molar-refractivity contribution in [3.8, 4) is 0 Å². The Morgan fingerprint density at radius 1 is 1.47 bits per heavy atom. The van der Waals surface area contributed by atoms with Gasteiger partial charge in [0.1, 0.15) is 0 Å². The monoisotopic (exact) mass is 263 g/mol. The lowest BCUT2D eigenvalue weighted by molar-refractivity contribution is -0.151. The van der Waals surface area contributed by atoms with E-state index in [4.69, 9.17) is 0 Å². The van der Waals surface area contributed by atoms with E-state index in [1.807, 2.05) is 0 Å². The highest BCUT2D eigenvalue weighted by Gasteiger charge is 2.44. The van der Waals surface area contributed by atoms with Gasteiger partial charge in [-0.1, -0.05) is 19.8 Å². The van der Waals surface area contributed by atoms with Crippen LogP contribution in [-0.4, -0.2) is 31.3 Å². The van der Waals surface area contributed by atoms with E-state index in [-0.39, 0.29) is 5.75 Å². The van der Waals surface area contributed by atoms with Crippen LogP contribution in [0.3, 0.4) is 0 Å². The Labute approximate surface area is 103 Å². The molecule has 6 heteroatoms. The number of nitrogens with one attached hydrogen (secondary N) is 1. The van der Waals surface area contributed by atoms with Crippen molar-refractivity contribution < 1.29 is 18.3 Å². The molecule has 2 unspecified atom stereocenters. The van der Waals surface area contributed by atoms with E-state index in [0.717, 1.165) is 12.8 Å². The average Bonchev–Trinajstić information content (AvgIpc) is 2.21. The minimum absolute atomic E-state index is 0.0548. The van der Waals surface area contributed by atoms with Crippen LogP contribution in [0.5, 0.6) is 0 Å². The van der Waals surface area contributed by atoms with Gasteiger partial charge in [-0.05, 0) is 26.2 Å². The van der Waals surface area contributed by atoms with Gasteiger partial charge in [0.25, 0.3) is 0 Å². The van der Waals surface area contributed by atoms with Crippen LogP contribution in [0.15, 0.2) is 0 Å². The molecule has 0 aromatic heterocycles. The molecule has 1 fully saturated rings. The lowest BCUT2D eigenvalue weighted by Gasteiger charge is -2.38. The molecule has 0 heterocycles. The summed E-state index contributed by atoms with van der Waals surface area (Å²) < 4.78 is 26.0. The Balaban J connectivity index is 2.83. The van der Waals surface area contributed by atoms with E-state index in [1.165, 1.54) is 0 Å². The average molecular weight is 263 g/mol. The van der Waals surface area contributed by atoms with E-state index in [9.17, 15) is 18.3 Å². The predicted octanol–water partition coefficient (Wildman–Crippen LogP) is 1.35. The molecule has 0 aromatic rings. The Kier molecular flexibility index (Phi) is 4.55. The van der Waals surface area contributed by atoms with Crippen molar-refractivity contribution in [3.63, 3.8) is 0 Å². The number of carboxylic acids is 1. The second kappa shape index (κ2) is 5.35. The van der Waals surface area contributed by atoms with Crippen molar-refractivity contribution in [3.05, 3.63) is 0 Å². The number of aliphatic carboxylic acids is 1. The zero-order valence-electron chi connectivity index (χ0n) is 10.4. The minimum atomic E-state index is -3.35. The fourth-order valence-electron chi connectivity index (χ4n) is 2.32. The van der Waals surface area contributed by atoms with Crippen molar-refractivity contribution >= 4 is 16.0 Å². The molecular formula is C11H21NO4S. The van der Waals surface area contributed by atoms with Gasteiger partial charge in [-0.15, -0.1) is 0 Å². The molecule has 0 aromatic carbocycles. The molecule has 0 aliphatic heterocycles. The van der Waals surface area contributed by atoms with Crippen LogP contribution in [0.4, 0.5) is 0 Å². The molecule has 5 nitrogen and oxygen atoms in total. The maximum Gasteiger partial charge on any atom is 0.310 e. The molecule has 1 aliphatic rings. The van der Waals surface area contributed by atoms with Crippen LogP contribution >= 0.6 is 0 Å². The summed E-state index contributed by atoms with van der Waals surface area (Å²) in [5.74, 6) is -0.861. The molecule has 1 aliphatic carbocycles. The lowest BCUT2D eigenvalue weighted by Crippen LogP contribution is -2.52. The molecular weight excluding hydrogens is 242 g/mol. The Morgan fingerprint density at radius 3 is 2.65 bits per heavy atom. The number of hydrogen-bond acceptors (Lipinski definition) is 3. The van der Waals surface area contributed by atoms with E-state index >= 15 is 0 Å². The van der Waals surface area contributed by atoms with Gasteiger partial charge < -0.3 is 5.11 Å². The fourth-order valence-corrected chi connectivity index (χ4v) is 3.79. The highest BCUT2D eigenvalue weighted by molar-refractivity contribution is 7.89. The van der Waals surface area contributed by atoms with E-state index in [0.29, 0.717) is 19.3 Å². The van der Waals surface area contributed by atoms with E-state index in [2.05, 4.69) is 4.72 Å². The summed E-state index contributed by atoms with van der Waals surface area (Å²) in [5.41, 5.74) is -0.973. The third kappa shape index (κ3) is 3.42. The summed E-state index contributed by atoms with van der Waals surface area (Å²) in [6.07, 6.45) is 3.39. The van der Waals surface area contributed by atoms with E-state index in [1.54, 1.807) is 13.8 Å². The standard InChI is InChI=1S/C11H21NO4S/c1-3-8-17(15,16)12-9-6-4-5-7-11(9,2)10(13)14/h9,12H,3-8H2,1-2H3,(H,13,14). The maximum atomic E-state index is 11.7. The first-order valence-electron chi connectivity index (χ1n) is 6.05. The van der Waals surface area contributed by atoms with Crippen LogP contribution in [-0.2, 0) is 14.8 Å². The fraction of sp³-hybridized carbons (Fsp3) is 0.909. The first kappa shape index (κ1) is 14.4. The predicted molar refractivity (Wildman–Crippen MR) is 65.2 cm³/mol. The van der Waals surface area contributed by atoms with Gasteiger partial charge >= 0.3 is 5.97 Å². The third-order valence-corrected chi connectivity index (χ3v) is 5.08. The number of carboxylic acid groups (broad SMARTS) is 1. The molecule has 0 spiro atoms. The number of hydrogen-bond donors (Lipinski definition) is 2. The molecule has 1 saturated carbocycles. The Morgan fingerprint density at radius 2 is 2.12 bits per heavy atom. The molecule has 17 heavy (non-hydrogen) atoms. The summed E-state index contributed by atoms with van der Waals surface area (Å²) in [6, 6.07) is -0.481. The smallest absolute Gasteiger partial charge is 0.310 e. The topological polar surface area (TPSA) is 83.5 Å². The van der Waals surface area contributed by atoms with Gasteiger partial charge in [0.05, 0.1) is 11.2 Å². The molecule has 1 rings (SSSR count). The quantitative estimate of drug-likeness (QED) is 0.784. The number of carbonyl (C=O) groups is 1. The van der Waals surface area contributed by atoms with Gasteiger partial charge in [-0.3, -0.25) is 4.79 Å². The molecule has 0 amide bonds. The zero-order chi connectivity index (χ0) is 13.1. The van der Waals surface area contributed by atoms with Gasteiger partial charge in [-0.25, -0.2) is 13.1 Å². The van der Waals surface area contributed by atoms with Gasteiger partial charge in [0.15, 0.2) is 0 Å². The largest absolute Gasteiger partial charge is 0.481 e. The van der Waals surface area contributed by atoms with Crippen LogP contribution < -0.4 is 4.72 Å². The highest BCUT2D eigenvalue weighted by Crippen LogP contribution is 2.36. The molecule has 0 saturated heterocycles. The Hall–Kier alpha value is -0.620. The molecule has 0 radical (unpaired) electrons. The summed E-state index contributed by atoms with van der Waals surface area (Å²) in [5, 5.41) is 9.26. The highest BCUT2D eigenvalue weighted by atomic mass is 32.2. The minimum Gasteiger partial charge on any atom is -0.481 e. The molecule has 2 atom stereocenters. The second-order valence-corrected chi connectivity index (χ2v) is 6.83. The normalized spacial score (nSPS) is 30.1. The first-order chi connectivity index (χ1) is 7.82. The third-order valence-electron chi connectivity index (χ3n) is 3.49. The van der Waals surface area contributed by atoms with Crippen molar-refractivity contribution in [1.82, 2.24) is 4.72 Å². The van der Waals surface area contributed by atoms with Crippen molar-refractivity contribution in [2.75, 3.05) is 5.75 Å². The first-order valence-corrected chi connectivity index (χ1v) is 7.70. The Bertz CT molecular complexity index is 379. The van der Waals surface area contributed by atoms with Crippen LogP contribution in [0.25, 0.3) is 0 Å². The number of sulfonamides is 1. The zero-order valence-corrected chi connectivity index (χ0v) is 11.2. The van der Waals surface area contributed by atoms with Gasteiger partial charge in [-0.2, -0.15) is 0 Å². The summed E-state index contributed by atoms with van der Waals surface area (Å²) >= 11 is 0. The molecule has 0 bridgehead atoms. The van der Waals surface area contributed by atoms with Gasteiger partial charge in [0, 0.05) is 6.04 Å². The van der Waals surface area contributed by atoms with E-state index < -0.39 is 27.4 Å². The van der Waals surface area contributed by atoms with Crippen LogP contribution in [0.2, 0.25) is 0 Å². The van der Waals surface area contributed by atoms with Crippen LogP contribution in [0, 0.1) is 5.41 Å². The second-order valence-electron chi connectivity index (χ2n) is 4.96. The van der Waals surface area contributed by atoms with Gasteiger partial charge in [0.2, 0.25) is 10.0 Å². The molecule has 100 valence electrons. The summed E-state index contributed by atoms with van der Waals surface area (Å²) in [4.78, 5) is 11.3. The molecule has 2 N–H and O–H groups in total. The van der Waals surface area contributed by atoms with Crippen molar-refractivity contribution in [2.24, 2.45) is 5.41 Å². The van der Waals surface area contributed by atoms with Crippen molar-refractivity contribution in [2.45, 2.75) is 52.0 Å².